The number of hydrogen-bond donors (Lipinski definition) is 1. The summed E-state index contributed by atoms with van der Waals surface area (Å²) in [6.07, 6.45) is 2.26. The molecule has 0 aliphatic rings. The van der Waals surface area contributed by atoms with Crippen molar-refractivity contribution in [3.05, 3.63) is 28.0 Å². The third-order valence-electron chi connectivity index (χ3n) is 2.44. The van der Waals surface area contributed by atoms with Crippen molar-refractivity contribution in [1.29, 1.82) is 0 Å². The Hall–Kier alpha value is -0.900. The van der Waals surface area contributed by atoms with Gasteiger partial charge in [-0.1, -0.05) is 13.8 Å². The van der Waals surface area contributed by atoms with E-state index in [1.54, 1.807) is 6.20 Å². The van der Waals surface area contributed by atoms with Gasteiger partial charge in [0, 0.05) is 10.7 Å². The first kappa shape index (κ1) is 13.2. The molecule has 0 spiro atoms. The summed E-state index contributed by atoms with van der Waals surface area (Å²) in [5, 5.41) is 9.23. The van der Waals surface area contributed by atoms with E-state index in [1.807, 2.05) is 26.8 Å². The number of nitrogens with zero attached hydrogens (tertiary/aromatic N) is 1. The smallest absolute Gasteiger partial charge is 0.312 e. The van der Waals surface area contributed by atoms with Crippen LogP contribution in [0.15, 0.2) is 16.7 Å². The van der Waals surface area contributed by atoms with E-state index in [-0.39, 0.29) is 0 Å². The second-order valence-corrected chi connectivity index (χ2v) is 5.14. The second-order valence-electron chi connectivity index (χ2n) is 4.35. The Labute approximate surface area is 104 Å². The van der Waals surface area contributed by atoms with Gasteiger partial charge in [-0.3, -0.25) is 9.78 Å². The summed E-state index contributed by atoms with van der Waals surface area (Å²) in [5.74, 6) is -1.02. The molecule has 1 heterocycles. The first-order valence-corrected chi connectivity index (χ1v) is 6.06. The average Bonchev–Trinajstić information content (AvgIpc) is 2.18. The van der Waals surface area contributed by atoms with E-state index in [9.17, 15) is 9.90 Å². The molecule has 0 amide bonds. The molecule has 1 aromatic rings. The van der Waals surface area contributed by atoms with Gasteiger partial charge in [-0.15, -0.1) is 0 Å². The van der Waals surface area contributed by atoms with Gasteiger partial charge in [-0.2, -0.15) is 0 Å². The van der Waals surface area contributed by atoms with Crippen molar-refractivity contribution in [2.45, 2.75) is 33.1 Å². The summed E-state index contributed by atoms with van der Waals surface area (Å²) in [4.78, 5) is 15.4. The minimum Gasteiger partial charge on any atom is -0.481 e. The molecule has 16 heavy (non-hydrogen) atoms. The number of hydrogen-bond acceptors (Lipinski definition) is 2. The number of aromatic nitrogens is 1. The van der Waals surface area contributed by atoms with Crippen molar-refractivity contribution >= 4 is 21.9 Å². The number of carboxylic acid groups (broad SMARTS) is 1. The van der Waals surface area contributed by atoms with Crippen molar-refractivity contribution in [3.63, 3.8) is 0 Å². The zero-order chi connectivity index (χ0) is 12.3. The third-order valence-corrected chi connectivity index (χ3v) is 3.48. The summed E-state index contributed by atoms with van der Waals surface area (Å²) in [6.45, 7) is 5.96. The lowest BCUT2D eigenvalue weighted by Crippen LogP contribution is -2.16. The number of aryl methyl sites for hydroxylation is 1. The highest BCUT2D eigenvalue weighted by molar-refractivity contribution is 9.10. The number of carbonyl (C=O) groups is 1. The van der Waals surface area contributed by atoms with Gasteiger partial charge in [0.1, 0.15) is 5.92 Å². The molecule has 88 valence electrons. The summed E-state index contributed by atoms with van der Waals surface area (Å²) in [5.41, 5.74) is 1.64. The number of pyridine rings is 1. The zero-order valence-corrected chi connectivity index (χ0v) is 11.3. The molecule has 1 atom stereocenters. The van der Waals surface area contributed by atoms with Gasteiger partial charge in [0.2, 0.25) is 0 Å². The highest BCUT2D eigenvalue weighted by Gasteiger charge is 2.25. The van der Waals surface area contributed by atoms with Crippen molar-refractivity contribution in [3.8, 4) is 0 Å². The van der Waals surface area contributed by atoms with Crippen molar-refractivity contribution < 1.29 is 9.90 Å². The Morgan fingerprint density at radius 2 is 2.19 bits per heavy atom. The summed E-state index contributed by atoms with van der Waals surface area (Å²) < 4.78 is 0.808. The van der Waals surface area contributed by atoms with E-state index in [1.165, 1.54) is 0 Å². The molecule has 0 aliphatic carbocycles. The summed E-state index contributed by atoms with van der Waals surface area (Å²) in [6, 6.07) is 1.86. The van der Waals surface area contributed by atoms with Gasteiger partial charge < -0.3 is 5.11 Å². The van der Waals surface area contributed by atoms with Crippen LogP contribution in [0.2, 0.25) is 0 Å². The molecule has 0 radical (unpaired) electrons. The predicted octanol–water partition coefficient (Wildman–Crippen LogP) is 3.37. The number of carboxylic acids is 1. The Bertz CT molecular complexity index is 391. The molecule has 0 fully saturated rings. The van der Waals surface area contributed by atoms with E-state index < -0.39 is 11.9 Å². The number of halogens is 1. The average molecular weight is 286 g/mol. The monoisotopic (exact) mass is 285 g/mol. The quantitative estimate of drug-likeness (QED) is 0.923. The van der Waals surface area contributed by atoms with Crippen LogP contribution in [0.1, 0.15) is 37.4 Å². The highest BCUT2D eigenvalue weighted by atomic mass is 79.9. The topological polar surface area (TPSA) is 50.2 Å². The van der Waals surface area contributed by atoms with Gasteiger partial charge in [0.25, 0.3) is 0 Å². The maximum absolute atomic E-state index is 11.2. The van der Waals surface area contributed by atoms with Crippen LogP contribution in [-0.4, -0.2) is 16.1 Å². The maximum Gasteiger partial charge on any atom is 0.312 e. The lowest BCUT2D eigenvalue weighted by atomic mass is 9.93. The fraction of sp³-hybridized carbons (Fsp3) is 0.500. The first-order chi connectivity index (χ1) is 7.43. The van der Waals surface area contributed by atoms with Crippen LogP contribution in [0, 0.1) is 12.8 Å². The number of aliphatic carboxylic acids is 1. The second kappa shape index (κ2) is 5.43. The minimum absolute atomic E-state index is 0.329. The van der Waals surface area contributed by atoms with Gasteiger partial charge in [0.05, 0.1) is 5.69 Å². The Kier molecular flexibility index (Phi) is 4.47. The fourth-order valence-corrected chi connectivity index (χ4v) is 2.12. The first-order valence-electron chi connectivity index (χ1n) is 5.27. The van der Waals surface area contributed by atoms with Crippen LogP contribution in [0.3, 0.4) is 0 Å². The van der Waals surface area contributed by atoms with E-state index in [4.69, 9.17) is 0 Å². The molecule has 1 rings (SSSR count). The maximum atomic E-state index is 11.2. The molecule has 1 N–H and O–H groups in total. The Morgan fingerprint density at radius 1 is 1.56 bits per heavy atom. The van der Waals surface area contributed by atoms with Gasteiger partial charge >= 0.3 is 5.97 Å². The van der Waals surface area contributed by atoms with E-state index in [2.05, 4.69) is 20.9 Å². The van der Waals surface area contributed by atoms with Crippen LogP contribution in [-0.2, 0) is 4.79 Å². The zero-order valence-electron chi connectivity index (χ0n) is 9.70. The molecular formula is C12H16BrNO2. The third kappa shape index (κ3) is 3.04. The van der Waals surface area contributed by atoms with E-state index in [0.717, 1.165) is 10.0 Å². The van der Waals surface area contributed by atoms with Crippen LogP contribution in [0.25, 0.3) is 0 Å². The molecule has 0 aromatic carbocycles. The Balaban J connectivity index is 3.11. The molecular weight excluding hydrogens is 270 g/mol. The van der Waals surface area contributed by atoms with Crippen molar-refractivity contribution in [2.75, 3.05) is 0 Å². The van der Waals surface area contributed by atoms with Crippen molar-refractivity contribution in [1.82, 2.24) is 4.98 Å². The number of rotatable bonds is 4. The normalized spacial score (nSPS) is 12.8. The lowest BCUT2D eigenvalue weighted by Gasteiger charge is -2.16. The fourth-order valence-electron chi connectivity index (χ4n) is 1.60. The minimum atomic E-state index is -0.812. The molecule has 0 saturated carbocycles. The molecule has 0 aliphatic heterocycles. The van der Waals surface area contributed by atoms with Gasteiger partial charge in [-0.05, 0) is 46.8 Å². The molecule has 1 aromatic heterocycles. The van der Waals surface area contributed by atoms with E-state index in [0.29, 0.717) is 18.0 Å². The summed E-state index contributed by atoms with van der Waals surface area (Å²) in [7, 11) is 0. The van der Waals surface area contributed by atoms with E-state index >= 15 is 0 Å². The predicted molar refractivity (Wildman–Crippen MR) is 66.5 cm³/mol. The highest BCUT2D eigenvalue weighted by Crippen LogP contribution is 2.30. The molecule has 3 nitrogen and oxygen atoms in total. The molecule has 0 saturated heterocycles. The largest absolute Gasteiger partial charge is 0.481 e. The molecule has 1 unspecified atom stereocenters. The van der Waals surface area contributed by atoms with Crippen LogP contribution in [0.4, 0.5) is 0 Å². The molecule has 0 bridgehead atoms. The van der Waals surface area contributed by atoms with Gasteiger partial charge in [0.15, 0.2) is 0 Å². The standard InChI is InChI=1S/C12H16BrNO2/c1-7(2)6-9(12(15)16)11-10(13)8(3)4-5-14-11/h4-5,7,9H,6H2,1-3H3,(H,15,16). The van der Waals surface area contributed by atoms with Crippen LogP contribution in [0.5, 0.6) is 0 Å². The van der Waals surface area contributed by atoms with Gasteiger partial charge in [-0.25, -0.2) is 0 Å². The lowest BCUT2D eigenvalue weighted by molar-refractivity contribution is -0.139. The van der Waals surface area contributed by atoms with Crippen LogP contribution >= 0.6 is 15.9 Å². The van der Waals surface area contributed by atoms with Crippen LogP contribution < -0.4 is 0 Å². The van der Waals surface area contributed by atoms with Crippen molar-refractivity contribution in [2.24, 2.45) is 5.92 Å². The molecule has 4 heteroatoms. The Morgan fingerprint density at radius 3 is 2.69 bits per heavy atom. The summed E-state index contributed by atoms with van der Waals surface area (Å²) >= 11 is 3.41. The SMILES string of the molecule is Cc1ccnc(C(CC(C)C)C(=O)O)c1Br.